The van der Waals surface area contributed by atoms with Gasteiger partial charge in [0, 0.05) is 23.0 Å². The molecule has 0 unspecified atom stereocenters. The lowest BCUT2D eigenvalue weighted by Crippen LogP contribution is -3.16. The number of nitro benzene ring substituents is 1. The number of nitrogens with zero attached hydrogens (tertiary/aromatic N) is 2. The molecule has 1 atom stereocenters. The number of carbonyl (C=O) groups is 1. The molecule has 7 nitrogen and oxygen atoms in total. The Labute approximate surface area is 210 Å². The molecule has 0 aliphatic carbocycles. The molecule has 0 spiro atoms. The summed E-state index contributed by atoms with van der Waals surface area (Å²) < 4.78 is 39.4. The number of anilines is 2. The van der Waals surface area contributed by atoms with Gasteiger partial charge in [0.25, 0.3) is 11.6 Å². The quantitative estimate of drug-likeness (QED) is 0.375. The van der Waals surface area contributed by atoms with Crippen molar-refractivity contribution in [1.82, 2.24) is 0 Å². The zero-order valence-electron chi connectivity index (χ0n) is 19.0. The number of halogens is 4. The van der Waals surface area contributed by atoms with E-state index in [9.17, 15) is 28.1 Å². The molecule has 3 aromatic rings. The molecule has 1 fully saturated rings. The third-order valence-corrected chi connectivity index (χ3v) is 6.48. The summed E-state index contributed by atoms with van der Waals surface area (Å²) in [6.07, 6.45) is -4.42. The first-order chi connectivity index (χ1) is 17.1. The Morgan fingerprint density at radius 3 is 2.36 bits per heavy atom. The highest BCUT2D eigenvalue weighted by atomic mass is 35.5. The zero-order chi connectivity index (χ0) is 25.9. The number of quaternary nitrogens is 1. The molecule has 1 saturated heterocycles. The second-order valence-corrected chi connectivity index (χ2v) is 8.86. The number of amides is 1. The Morgan fingerprint density at radius 1 is 1.03 bits per heavy atom. The van der Waals surface area contributed by atoms with Crippen LogP contribution in [-0.2, 0) is 11.0 Å². The van der Waals surface area contributed by atoms with Gasteiger partial charge in [0.05, 0.1) is 36.7 Å². The van der Waals surface area contributed by atoms with Gasteiger partial charge in [0.2, 0.25) is 0 Å². The Hall–Kier alpha value is -3.63. The summed E-state index contributed by atoms with van der Waals surface area (Å²) in [6, 6.07) is 17.8. The topological polar surface area (TPSA) is 79.9 Å². The molecule has 0 saturated carbocycles. The predicted molar refractivity (Wildman–Crippen MR) is 130 cm³/mol. The van der Waals surface area contributed by atoms with Crippen molar-refractivity contribution in [3.63, 3.8) is 0 Å². The Balaban J connectivity index is 1.53. The lowest BCUT2D eigenvalue weighted by atomic mass is 10.0. The molecule has 1 aliphatic heterocycles. The smallest absolute Gasteiger partial charge is 0.360 e. The van der Waals surface area contributed by atoms with E-state index in [1.165, 1.54) is 24.3 Å². The van der Waals surface area contributed by atoms with Crippen LogP contribution < -0.4 is 15.1 Å². The Morgan fingerprint density at radius 2 is 1.72 bits per heavy atom. The minimum Gasteiger partial charge on any atom is -0.360 e. The Bertz CT molecular complexity index is 1250. The average molecular weight is 520 g/mol. The molecule has 1 aliphatic rings. The van der Waals surface area contributed by atoms with Gasteiger partial charge in [-0.05, 0) is 30.3 Å². The van der Waals surface area contributed by atoms with Crippen molar-refractivity contribution >= 4 is 34.6 Å². The van der Waals surface area contributed by atoms with Crippen molar-refractivity contribution < 1.29 is 27.8 Å². The maximum absolute atomic E-state index is 13.4. The minimum absolute atomic E-state index is 0.0334. The summed E-state index contributed by atoms with van der Waals surface area (Å²) in [7, 11) is 0. The third kappa shape index (κ3) is 5.77. The number of piperazine rings is 1. The average Bonchev–Trinajstić information content (AvgIpc) is 2.86. The number of hydrogen-bond donors (Lipinski definition) is 2. The molecule has 3 aromatic carbocycles. The lowest BCUT2D eigenvalue weighted by molar-refractivity contribution is -0.922. The lowest BCUT2D eigenvalue weighted by Gasteiger charge is -2.37. The molecule has 0 bridgehead atoms. The SMILES string of the molecule is O=C(Nc1ccc(Cl)c([N+](=O)[O-])c1)[C@@H](c1ccccc1)[NH+]1CCN(c2cccc(C(F)(F)F)c2)CC1. The van der Waals surface area contributed by atoms with Crippen LogP contribution in [0, 0.1) is 10.1 Å². The fourth-order valence-corrected chi connectivity index (χ4v) is 4.57. The normalized spacial score (nSPS) is 15.4. The summed E-state index contributed by atoms with van der Waals surface area (Å²) in [5, 5.41) is 14.0. The van der Waals surface area contributed by atoms with Gasteiger partial charge in [-0.25, -0.2) is 0 Å². The fourth-order valence-electron chi connectivity index (χ4n) is 4.38. The number of hydrogen-bond acceptors (Lipinski definition) is 4. The highest BCUT2D eigenvalue weighted by Crippen LogP contribution is 2.32. The first-order valence-corrected chi connectivity index (χ1v) is 11.6. The Kier molecular flexibility index (Phi) is 7.46. The van der Waals surface area contributed by atoms with Gasteiger partial charge in [-0.1, -0.05) is 48.0 Å². The van der Waals surface area contributed by atoms with E-state index in [-0.39, 0.29) is 22.3 Å². The fraction of sp³-hybridized carbons (Fsp3) is 0.240. The summed E-state index contributed by atoms with van der Waals surface area (Å²) in [5.41, 5.74) is 0.485. The van der Waals surface area contributed by atoms with Crippen LogP contribution in [0.15, 0.2) is 72.8 Å². The summed E-state index contributed by atoms with van der Waals surface area (Å²) in [4.78, 5) is 26.8. The summed E-state index contributed by atoms with van der Waals surface area (Å²) in [5.74, 6) is -0.347. The van der Waals surface area contributed by atoms with Gasteiger partial charge < -0.3 is 15.1 Å². The van der Waals surface area contributed by atoms with Crippen LogP contribution in [0.2, 0.25) is 5.02 Å². The number of rotatable bonds is 6. The van der Waals surface area contributed by atoms with Gasteiger partial charge >= 0.3 is 6.18 Å². The maximum atomic E-state index is 13.4. The predicted octanol–water partition coefficient (Wildman–Crippen LogP) is 4.35. The molecule has 11 heteroatoms. The van der Waals surface area contributed by atoms with Gasteiger partial charge in [-0.15, -0.1) is 0 Å². The van der Waals surface area contributed by atoms with Crippen molar-refractivity contribution in [3.8, 4) is 0 Å². The van der Waals surface area contributed by atoms with E-state index in [2.05, 4.69) is 5.32 Å². The first-order valence-electron chi connectivity index (χ1n) is 11.2. The molecule has 1 heterocycles. The van der Waals surface area contributed by atoms with E-state index in [0.717, 1.165) is 22.6 Å². The van der Waals surface area contributed by atoms with Crippen LogP contribution in [0.5, 0.6) is 0 Å². The number of carbonyl (C=O) groups excluding carboxylic acids is 1. The number of benzene rings is 3. The molecule has 4 rings (SSSR count). The van der Waals surface area contributed by atoms with Crippen molar-refractivity contribution in [2.24, 2.45) is 0 Å². The molecule has 36 heavy (non-hydrogen) atoms. The third-order valence-electron chi connectivity index (χ3n) is 6.16. The van der Waals surface area contributed by atoms with Crippen LogP contribution in [0.1, 0.15) is 17.2 Å². The van der Waals surface area contributed by atoms with Crippen LogP contribution >= 0.6 is 11.6 Å². The molecule has 188 valence electrons. The maximum Gasteiger partial charge on any atom is 0.416 e. The highest BCUT2D eigenvalue weighted by molar-refractivity contribution is 6.32. The minimum atomic E-state index is -4.42. The van der Waals surface area contributed by atoms with Gasteiger partial charge in [-0.2, -0.15) is 13.2 Å². The van der Waals surface area contributed by atoms with Crippen LogP contribution in [-0.4, -0.2) is 37.0 Å². The van der Waals surface area contributed by atoms with E-state index >= 15 is 0 Å². The zero-order valence-corrected chi connectivity index (χ0v) is 19.7. The van der Waals surface area contributed by atoms with E-state index < -0.39 is 22.7 Å². The largest absolute Gasteiger partial charge is 0.416 e. The first kappa shape index (κ1) is 25.5. The monoisotopic (exact) mass is 519 g/mol. The van der Waals surface area contributed by atoms with Crippen LogP contribution in [0.4, 0.5) is 30.2 Å². The number of nitro groups is 1. The molecular weight excluding hydrogens is 497 g/mol. The molecular formula is C25H23ClF3N4O3+. The van der Waals surface area contributed by atoms with Crippen molar-refractivity contribution in [2.75, 3.05) is 36.4 Å². The van der Waals surface area contributed by atoms with E-state index in [1.54, 1.807) is 6.07 Å². The van der Waals surface area contributed by atoms with Crippen molar-refractivity contribution in [1.29, 1.82) is 0 Å². The highest BCUT2D eigenvalue weighted by Gasteiger charge is 2.35. The number of alkyl halides is 3. The van der Waals surface area contributed by atoms with Crippen molar-refractivity contribution in [2.45, 2.75) is 12.2 Å². The van der Waals surface area contributed by atoms with Crippen molar-refractivity contribution in [3.05, 3.63) is 99.1 Å². The van der Waals surface area contributed by atoms with E-state index in [0.29, 0.717) is 31.9 Å². The van der Waals surface area contributed by atoms with Gasteiger partial charge in [0.1, 0.15) is 5.02 Å². The molecule has 2 N–H and O–H groups in total. The molecule has 1 amide bonds. The second kappa shape index (κ2) is 10.5. The summed E-state index contributed by atoms with van der Waals surface area (Å²) >= 11 is 5.88. The van der Waals surface area contributed by atoms with Gasteiger partial charge in [0.15, 0.2) is 6.04 Å². The molecule has 0 aromatic heterocycles. The molecule has 0 radical (unpaired) electrons. The second-order valence-electron chi connectivity index (χ2n) is 8.45. The standard InChI is InChI=1S/C25H22ClF3N4O3/c26-21-10-9-19(16-22(21)33(35)36)30-24(34)23(17-5-2-1-3-6-17)32-13-11-31(12-14-32)20-8-4-7-18(15-20)25(27,28)29/h1-10,15-16,23H,11-14H2,(H,30,34)/p+1/t23-/m1/s1. The van der Waals surface area contributed by atoms with E-state index in [4.69, 9.17) is 11.6 Å². The number of nitrogens with one attached hydrogen (secondary N) is 2. The van der Waals surface area contributed by atoms with Gasteiger partial charge in [-0.3, -0.25) is 14.9 Å². The summed E-state index contributed by atoms with van der Waals surface area (Å²) in [6.45, 7) is 1.92. The van der Waals surface area contributed by atoms with Crippen LogP contribution in [0.3, 0.4) is 0 Å². The van der Waals surface area contributed by atoms with Crippen LogP contribution in [0.25, 0.3) is 0 Å². The van der Waals surface area contributed by atoms with E-state index in [1.807, 2.05) is 35.2 Å².